The topological polar surface area (TPSA) is 49.4 Å². The number of hydrogen-bond donors (Lipinski definition) is 1. The Hall–Kier alpha value is -2.05. The molecule has 0 spiro atoms. The fraction of sp³-hybridized carbons (Fsp3) is 0.333. The number of halogens is 2. The van der Waals surface area contributed by atoms with E-state index in [1.165, 1.54) is 23.9 Å². The Labute approximate surface area is 174 Å². The van der Waals surface area contributed by atoms with Crippen LogP contribution in [0, 0.1) is 5.82 Å². The third kappa shape index (κ3) is 6.53. The highest BCUT2D eigenvalue weighted by Crippen LogP contribution is 2.20. The highest BCUT2D eigenvalue weighted by atomic mass is 35.5. The summed E-state index contributed by atoms with van der Waals surface area (Å²) in [6.45, 7) is 4.30. The zero-order valence-electron chi connectivity index (χ0n) is 16.0. The van der Waals surface area contributed by atoms with E-state index < -0.39 is 6.04 Å². The molecule has 0 unspecified atom stereocenters. The van der Waals surface area contributed by atoms with Crippen LogP contribution in [0.1, 0.15) is 25.0 Å². The first-order valence-electron chi connectivity index (χ1n) is 9.05. The number of likely N-dealkylation sites (N-methyl/N-ethyl adjacent to an activating group) is 1. The SMILES string of the molecule is CCNC(=O)[C@@H](C)N(Cc1ccccc1Cl)C(=O)CSCc1ccc(F)cc1. The molecule has 1 atom stereocenters. The Kier molecular flexibility index (Phi) is 8.80. The van der Waals surface area contributed by atoms with Gasteiger partial charge < -0.3 is 10.2 Å². The van der Waals surface area contributed by atoms with Crippen LogP contribution in [0.2, 0.25) is 5.02 Å². The summed E-state index contributed by atoms with van der Waals surface area (Å²) >= 11 is 7.67. The lowest BCUT2D eigenvalue weighted by Gasteiger charge is -2.29. The second kappa shape index (κ2) is 11.1. The molecule has 2 aromatic carbocycles. The summed E-state index contributed by atoms with van der Waals surface area (Å²) < 4.78 is 13.0. The molecule has 0 saturated carbocycles. The highest BCUT2D eigenvalue weighted by molar-refractivity contribution is 7.99. The minimum absolute atomic E-state index is 0.147. The molecule has 0 heterocycles. The number of nitrogens with zero attached hydrogens (tertiary/aromatic N) is 1. The average molecular weight is 423 g/mol. The number of rotatable bonds is 9. The molecular formula is C21H24ClFN2O2S. The van der Waals surface area contributed by atoms with E-state index in [2.05, 4.69) is 5.32 Å². The molecule has 150 valence electrons. The van der Waals surface area contributed by atoms with Crippen molar-refractivity contribution in [3.05, 3.63) is 70.5 Å². The lowest BCUT2D eigenvalue weighted by Crippen LogP contribution is -2.48. The number of benzene rings is 2. The fourth-order valence-corrected chi connectivity index (χ4v) is 3.70. The number of carbonyl (C=O) groups excluding carboxylic acids is 2. The minimum atomic E-state index is -0.616. The molecule has 0 fully saturated rings. The molecule has 28 heavy (non-hydrogen) atoms. The fourth-order valence-electron chi connectivity index (χ4n) is 2.63. The minimum Gasteiger partial charge on any atom is -0.355 e. The molecule has 2 rings (SSSR count). The van der Waals surface area contributed by atoms with Crippen LogP contribution in [0.4, 0.5) is 4.39 Å². The van der Waals surface area contributed by atoms with Gasteiger partial charge in [-0.3, -0.25) is 9.59 Å². The maximum Gasteiger partial charge on any atom is 0.242 e. The maximum atomic E-state index is 13.0. The zero-order chi connectivity index (χ0) is 20.5. The van der Waals surface area contributed by atoms with Crippen LogP contribution < -0.4 is 5.32 Å². The molecular weight excluding hydrogens is 399 g/mol. The van der Waals surface area contributed by atoms with E-state index in [1.54, 1.807) is 30.0 Å². The normalized spacial score (nSPS) is 11.7. The van der Waals surface area contributed by atoms with Gasteiger partial charge in [0.05, 0.1) is 5.75 Å². The largest absolute Gasteiger partial charge is 0.355 e. The van der Waals surface area contributed by atoms with E-state index in [0.717, 1.165) is 11.1 Å². The van der Waals surface area contributed by atoms with Gasteiger partial charge in [0.25, 0.3) is 0 Å². The Balaban J connectivity index is 2.06. The van der Waals surface area contributed by atoms with Crippen LogP contribution in [0.5, 0.6) is 0 Å². The van der Waals surface area contributed by atoms with Gasteiger partial charge in [-0.25, -0.2) is 4.39 Å². The summed E-state index contributed by atoms with van der Waals surface area (Å²) in [5, 5.41) is 3.32. The third-order valence-electron chi connectivity index (χ3n) is 4.22. The monoisotopic (exact) mass is 422 g/mol. The Morgan fingerprint density at radius 2 is 1.86 bits per heavy atom. The second-order valence-electron chi connectivity index (χ2n) is 6.30. The third-order valence-corrected chi connectivity index (χ3v) is 5.58. The van der Waals surface area contributed by atoms with Crippen molar-refractivity contribution in [1.82, 2.24) is 10.2 Å². The molecule has 4 nitrogen and oxygen atoms in total. The van der Waals surface area contributed by atoms with Crippen molar-refractivity contribution in [2.75, 3.05) is 12.3 Å². The van der Waals surface area contributed by atoms with Gasteiger partial charge in [0.2, 0.25) is 11.8 Å². The van der Waals surface area contributed by atoms with E-state index in [4.69, 9.17) is 11.6 Å². The van der Waals surface area contributed by atoms with E-state index in [1.807, 2.05) is 25.1 Å². The van der Waals surface area contributed by atoms with Gasteiger partial charge in [0.15, 0.2) is 0 Å². The first-order valence-corrected chi connectivity index (χ1v) is 10.6. The standard InChI is InChI=1S/C21H24ClFN2O2S/c1-3-24-21(27)15(2)25(12-17-6-4-5-7-19(17)22)20(26)14-28-13-16-8-10-18(23)11-9-16/h4-11,15H,3,12-14H2,1-2H3,(H,24,27)/t15-/m1/s1. The predicted molar refractivity (Wildman–Crippen MR) is 113 cm³/mol. The summed E-state index contributed by atoms with van der Waals surface area (Å²) in [5.41, 5.74) is 1.73. The lowest BCUT2D eigenvalue weighted by molar-refractivity contribution is -0.138. The maximum absolute atomic E-state index is 13.0. The summed E-state index contributed by atoms with van der Waals surface area (Å²) in [7, 11) is 0. The van der Waals surface area contributed by atoms with Crippen molar-refractivity contribution >= 4 is 35.2 Å². The predicted octanol–water partition coefficient (Wildman–Crippen LogP) is 4.27. The van der Waals surface area contributed by atoms with Gasteiger partial charge in [0, 0.05) is 23.9 Å². The smallest absolute Gasteiger partial charge is 0.242 e. The van der Waals surface area contributed by atoms with E-state index in [0.29, 0.717) is 17.3 Å². The van der Waals surface area contributed by atoms with Crippen molar-refractivity contribution < 1.29 is 14.0 Å². The molecule has 1 N–H and O–H groups in total. The zero-order valence-corrected chi connectivity index (χ0v) is 17.5. The summed E-state index contributed by atoms with van der Waals surface area (Å²) in [5.74, 6) is 0.163. The van der Waals surface area contributed by atoms with Crippen LogP contribution in [-0.2, 0) is 21.9 Å². The number of thioether (sulfide) groups is 1. The van der Waals surface area contributed by atoms with Gasteiger partial charge in [-0.15, -0.1) is 11.8 Å². The van der Waals surface area contributed by atoms with Gasteiger partial charge in [-0.05, 0) is 43.2 Å². The Morgan fingerprint density at radius 3 is 2.50 bits per heavy atom. The van der Waals surface area contributed by atoms with Gasteiger partial charge in [-0.1, -0.05) is 41.9 Å². The van der Waals surface area contributed by atoms with Crippen LogP contribution in [0.15, 0.2) is 48.5 Å². The first-order chi connectivity index (χ1) is 13.4. The van der Waals surface area contributed by atoms with Gasteiger partial charge >= 0.3 is 0 Å². The first kappa shape index (κ1) is 22.2. The molecule has 0 radical (unpaired) electrons. The lowest BCUT2D eigenvalue weighted by atomic mass is 10.1. The molecule has 2 amide bonds. The molecule has 0 aromatic heterocycles. The van der Waals surface area contributed by atoms with E-state index >= 15 is 0 Å². The van der Waals surface area contributed by atoms with Crippen LogP contribution in [0.25, 0.3) is 0 Å². The van der Waals surface area contributed by atoms with Gasteiger partial charge in [0.1, 0.15) is 11.9 Å². The Morgan fingerprint density at radius 1 is 1.18 bits per heavy atom. The quantitative estimate of drug-likeness (QED) is 0.656. The van der Waals surface area contributed by atoms with Crippen molar-refractivity contribution in [3.8, 4) is 0 Å². The van der Waals surface area contributed by atoms with E-state index in [-0.39, 0.29) is 29.9 Å². The number of nitrogens with one attached hydrogen (secondary N) is 1. The van der Waals surface area contributed by atoms with Crippen LogP contribution in [-0.4, -0.2) is 35.1 Å². The van der Waals surface area contributed by atoms with Crippen LogP contribution >= 0.6 is 23.4 Å². The van der Waals surface area contributed by atoms with Crippen molar-refractivity contribution in [3.63, 3.8) is 0 Å². The summed E-state index contributed by atoms with van der Waals surface area (Å²) in [4.78, 5) is 26.7. The molecule has 0 saturated heterocycles. The number of hydrogen-bond acceptors (Lipinski definition) is 3. The molecule has 7 heteroatoms. The Bertz CT molecular complexity index is 801. The molecule has 0 aliphatic heterocycles. The number of amides is 2. The molecule has 0 bridgehead atoms. The van der Waals surface area contributed by atoms with Crippen LogP contribution in [0.3, 0.4) is 0 Å². The summed E-state index contributed by atoms with van der Waals surface area (Å²) in [6, 6.07) is 12.9. The molecule has 0 aliphatic carbocycles. The average Bonchev–Trinajstić information content (AvgIpc) is 2.68. The number of carbonyl (C=O) groups is 2. The molecule has 2 aromatic rings. The van der Waals surface area contributed by atoms with Crippen molar-refractivity contribution in [2.24, 2.45) is 0 Å². The van der Waals surface area contributed by atoms with Crippen molar-refractivity contribution in [1.29, 1.82) is 0 Å². The van der Waals surface area contributed by atoms with Crippen molar-refractivity contribution in [2.45, 2.75) is 32.2 Å². The summed E-state index contributed by atoms with van der Waals surface area (Å²) in [6.07, 6.45) is 0. The van der Waals surface area contributed by atoms with E-state index in [9.17, 15) is 14.0 Å². The molecule has 0 aliphatic rings. The highest BCUT2D eigenvalue weighted by Gasteiger charge is 2.26. The van der Waals surface area contributed by atoms with Gasteiger partial charge in [-0.2, -0.15) is 0 Å². The second-order valence-corrected chi connectivity index (χ2v) is 7.70.